The summed E-state index contributed by atoms with van der Waals surface area (Å²) in [5.74, 6) is 0. The van der Waals surface area contributed by atoms with Crippen molar-refractivity contribution in [3.8, 4) is 0 Å². The summed E-state index contributed by atoms with van der Waals surface area (Å²) in [5.41, 5.74) is 0.864. The van der Waals surface area contributed by atoms with Crippen LogP contribution in [0.1, 0.15) is 53.4 Å². The van der Waals surface area contributed by atoms with Crippen LogP contribution in [-0.2, 0) is 9.47 Å². The van der Waals surface area contributed by atoms with E-state index in [2.05, 4.69) is 18.3 Å². The van der Waals surface area contributed by atoms with Crippen molar-refractivity contribution in [2.24, 2.45) is 0 Å². The largest absolute Gasteiger partial charge is 0.444 e. The third kappa shape index (κ3) is 5.81. The number of rotatable bonds is 4. The highest BCUT2D eigenvalue weighted by atomic mass is 16.6. The van der Waals surface area contributed by atoms with Gasteiger partial charge in [0.25, 0.3) is 0 Å². The van der Waals surface area contributed by atoms with Gasteiger partial charge in [-0.15, -0.1) is 0 Å². The first-order valence-electron chi connectivity index (χ1n) is 8.85. The molecule has 0 saturated carbocycles. The van der Waals surface area contributed by atoms with Crippen LogP contribution in [-0.4, -0.2) is 55.0 Å². The second-order valence-electron chi connectivity index (χ2n) is 7.61. The van der Waals surface area contributed by atoms with E-state index in [0.29, 0.717) is 0 Å². The van der Waals surface area contributed by atoms with Gasteiger partial charge in [0.1, 0.15) is 5.60 Å². The molecule has 132 valence electrons. The average Bonchev–Trinajstić information content (AvgIpc) is 2.52. The normalized spacial score (nSPS) is 24.1. The van der Waals surface area contributed by atoms with Crippen LogP contribution in [0.3, 0.4) is 0 Å². The monoisotopic (exact) mass is 324 g/mol. The van der Waals surface area contributed by atoms with E-state index in [1.165, 1.54) is 12.0 Å². The standard InChI is InChI=1S/C18H32N2O3/c1-14(19-12-15-8-7-11-22-13-15)16-9-5-6-10-20(16)17(21)23-18(2,3)4/h8,14,16,19H,5-7,9-13H2,1-4H3/t14?,16-/m0/s1. The summed E-state index contributed by atoms with van der Waals surface area (Å²) in [6, 6.07) is 0.439. The molecule has 2 atom stereocenters. The summed E-state index contributed by atoms with van der Waals surface area (Å²) < 4.78 is 11.1. The fourth-order valence-electron chi connectivity index (χ4n) is 3.18. The third-order valence-electron chi connectivity index (χ3n) is 4.39. The molecule has 1 amide bonds. The molecule has 0 aliphatic carbocycles. The molecule has 1 unspecified atom stereocenters. The lowest BCUT2D eigenvalue weighted by Gasteiger charge is -2.40. The zero-order valence-electron chi connectivity index (χ0n) is 15.1. The molecule has 2 aliphatic rings. The van der Waals surface area contributed by atoms with Gasteiger partial charge < -0.3 is 19.7 Å². The molecule has 1 N–H and O–H groups in total. The van der Waals surface area contributed by atoms with Crippen LogP contribution in [0.25, 0.3) is 0 Å². The van der Waals surface area contributed by atoms with E-state index in [1.54, 1.807) is 0 Å². The predicted molar refractivity (Wildman–Crippen MR) is 91.6 cm³/mol. The first kappa shape index (κ1) is 18.3. The van der Waals surface area contributed by atoms with Gasteiger partial charge in [-0.3, -0.25) is 0 Å². The van der Waals surface area contributed by atoms with E-state index < -0.39 is 5.60 Å². The molecule has 1 saturated heterocycles. The van der Waals surface area contributed by atoms with Gasteiger partial charge in [0.05, 0.1) is 19.3 Å². The van der Waals surface area contributed by atoms with E-state index >= 15 is 0 Å². The van der Waals surface area contributed by atoms with E-state index in [0.717, 1.165) is 45.6 Å². The van der Waals surface area contributed by atoms with Crippen molar-refractivity contribution in [1.29, 1.82) is 0 Å². The zero-order valence-corrected chi connectivity index (χ0v) is 15.1. The van der Waals surface area contributed by atoms with E-state index in [4.69, 9.17) is 9.47 Å². The van der Waals surface area contributed by atoms with Gasteiger partial charge in [0, 0.05) is 19.1 Å². The fraction of sp³-hybridized carbons (Fsp3) is 0.833. The Morgan fingerprint density at radius 1 is 1.48 bits per heavy atom. The number of hydrogen-bond donors (Lipinski definition) is 1. The number of likely N-dealkylation sites (tertiary alicyclic amines) is 1. The van der Waals surface area contributed by atoms with Gasteiger partial charge in [0.15, 0.2) is 0 Å². The van der Waals surface area contributed by atoms with Crippen LogP contribution in [0.5, 0.6) is 0 Å². The Hall–Kier alpha value is -1.07. The Bertz CT molecular complexity index is 428. The lowest BCUT2D eigenvalue weighted by molar-refractivity contribution is 0.00568. The summed E-state index contributed by atoms with van der Waals surface area (Å²) in [4.78, 5) is 14.4. The van der Waals surface area contributed by atoms with Crippen LogP contribution in [0.4, 0.5) is 4.79 Å². The minimum Gasteiger partial charge on any atom is -0.444 e. The second-order valence-corrected chi connectivity index (χ2v) is 7.61. The smallest absolute Gasteiger partial charge is 0.410 e. The number of carbonyl (C=O) groups excluding carboxylic acids is 1. The average molecular weight is 324 g/mol. The van der Waals surface area contributed by atoms with Crippen molar-refractivity contribution in [1.82, 2.24) is 10.2 Å². The highest BCUT2D eigenvalue weighted by Gasteiger charge is 2.33. The zero-order chi connectivity index (χ0) is 16.9. The highest BCUT2D eigenvalue weighted by Crippen LogP contribution is 2.22. The van der Waals surface area contributed by atoms with Crippen LogP contribution >= 0.6 is 0 Å². The quantitative estimate of drug-likeness (QED) is 0.807. The number of nitrogens with zero attached hydrogens (tertiary/aromatic N) is 1. The van der Waals surface area contributed by atoms with Crippen molar-refractivity contribution in [2.75, 3.05) is 26.3 Å². The van der Waals surface area contributed by atoms with Gasteiger partial charge >= 0.3 is 6.09 Å². The summed E-state index contributed by atoms with van der Waals surface area (Å²) in [7, 11) is 0. The number of hydrogen-bond acceptors (Lipinski definition) is 4. The molecule has 0 radical (unpaired) electrons. The molecule has 0 aromatic heterocycles. The van der Waals surface area contributed by atoms with E-state index in [-0.39, 0.29) is 18.2 Å². The Balaban J connectivity index is 1.91. The molecular weight excluding hydrogens is 292 g/mol. The molecule has 0 aromatic rings. The SMILES string of the molecule is CC(NCC1=CCCOC1)[C@@H]1CCCCN1C(=O)OC(C)(C)C. The second kappa shape index (κ2) is 8.15. The number of amides is 1. The minimum absolute atomic E-state index is 0.184. The molecular formula is C18H32N2O3. The molecule has 1 fully saturated rings. The van der Waals surface area contributed by atoms with Crippen molar-refractivity contribution >= 4 is 6.09 Å². The molecule has 0 bridgehead atoms. The first-order valence-corrected chi connectivity index (χ1v) is 8.85. The van der Waals surface area contributed by atoms with E-state index in [1.807, 2.05) is 25.7 Å². The number of carbonyl (C=O) groups is 1. The van der Waals surface area contributed by atoms with Crippen molar-refractivity contribution in [2.45, 2.75) is 71.1 Å². The fourth-order valence-corrected chi connectivity index (χ4v) is 3.18. The summed E-state index contributed by atoms with van der Waals surface area (Å²) in [6.45, 7) is 11.1. The van der Waals surface area contributed by atoms with Crippen molar-refractivity contribution in [3.05, 3.63) is 11.6 Å². The Morgan fingerprint density at radius 3 is 2.91 bits per heavy atom. The Kier molecular flexibility index (Phi) is 6.48. The summed E-state index contributed by atoms with van der Waals surface area (Å²) in [5, 5.41) is 3.57. The Morgan fingerprint density at radius 2 is 2.26 bits per heavy atom. The van der Waals surface area contributed by atoms with Gasteiger partial charge in [-0.25, -0.2) is 4.79 Å². The van der Waals surface area contributed by atoms with Crippen molar-refractivity contribution < 1.29 is 14.3 Å². The van der Waals surface area contributed by atoms with Crippen LogP contribution < -0.4 is 5.32 Å². The summed E-state index contributed by atoms with van der Waals surface area (Å²) in [6.07, 6.45) is 6.33. The maximum atomic E-state index is 12.5. The van der Waals surface area contributed by atoms with Gasteiger partial charge in [-0.05, 0) is 59.0 Å². The maximum absolute atomic E-state index is 12.5. The third-order valence-corrected chi connectivity index (χ3v) is 4.39. The number of nitrogens with one attached hydrogen (secondary N) is 1. The van der Waals surface area contributed by atoms with Crippen LogP contribution in [0.15, 0.2) is 11.6 Å². The molecule has 2 rings (SSSR count). The van der Waals surface area contributed by atoms with Gasteiger partial charge in [0.2, 0.25) is 0 Å². The predicted octanol–water partition coefficient (Wildman–Crippen LogP) is 3.10. The lowest BCUT2D eigenvalue weighted by atomic mass is 9.96. The number of ether oxygens (including phenoxy) is 2. The molecule has 2 aliphatic heterocycles. The maximum Gasteiger partial charge on any atom is 0.410 e. The van der Waals surface area contributed by atoms with Gasteiger partial charge in [-0.1, -0.05) is 6.08 Å². The highest BCUT2D eigenvalue weighted by molar-refractivity contribution is 5.68. The van der Waals surface area contributed by atoms with Gasteiger partial charge in [-0.2, -0.15) is 0 Å². The molecule has 0 spiro atoms. The topological polar surface area (TPSA) is 50.8 Å². The van der Waals surface area contributed by atoms with Crippen LogP contribution in [0.2, 0.25) is 0 Å². The molecule has 5 nitrogen and oxygen atoms in total. The molecule has 5 heteroatoms. The van der Waals surface area contributed by atoms with E-state index in [9.17, 15) is 4.79 Å². The van der Waals surface area contributed by atoms with Crippen LogP contribution in [0, 0.1) is 0 Å². The first-order chi connectivity index (χ1) is 10.9. The lowest BCUT2D eigenvalue weighted by Crippen LogP contribution is -2.54. The molecule has 2 heterocycles. The Labute approximate surface area is 140 Å². The van der Waals surface area contributed by atoms with Crippen molar-refractivity contribution in [3.63, 3.8) is 0 Å². The number of piperidine rings is 1. The summed E-state index contributed by atoms with van der Waals surface area (Å²) >= 11 is 0. The molecule has 0 aromatic carbocycles. The molecule has 23 heavy (non-hydrogen) atoms. The minimum atomic E-state index is -0.444.